The number of nitrogens with one attached hydrogen (secondary N) is 1. The second kappa shape index (κ2) is 7.07. The van der Waals surface area contributed by atoms with Crippen LogP contribution in [0.3, 0.4) is 0 Å². The van der Waals surface area contributed by atoms with Gasteiger partial charge in [-0.05, 0) is 19.3 Å². The molecule has 3 nitrogen and oxygen atoms in total. The second-order valence-electron chi connectivity index (χ2n) is 3.80. The number of halogens is 1. The molecule has 2 N–H and O–H groups in total. The molecule has 14 heavy (non-hydrogen) atoms. The van der Waals surface area contributed by atoms with Gasteiger partial charge in [-0.25, -0.2) is 0 Å². The van der Waals surface area contributed by atoms with E-state index >= 15 is 0 Å². The molecule has 0 radical (unpaired) electrons. The topological polar surface area (TPSA) is 49.3 Å². The highest BCUT2D eigenvalue weighted by Gasteiger charge is 2.20. The van der Waals surface area contributed by atoms with Crippen molar-refractivity contribution < 1.29 is 9.90 Å². The van der Waals surface area contributed by atoms with Crippen molar-refractivity contribution in [1.29, 1.82) is 0 Å². The highest BCUT2D eigenvalue weighted by molar-refractivity contribution is 5.85. The zero-order chi connectivity index (χ0) is 9.68. The Bertz CT molecular complexity index is 170. The van der Waals surface area contributed by atoms with Gasteiger partial charge in [-0.15, -0.1) is 12.4 Å². The van der Waals surface area contributed by atoms with Gasteiger partial charge in [0.2, 0.25) is 0 Å². The summed E-state index contributed by atoms with van der Waals surface area (Å²) in [5, 5.41) is 12.0. The lowest BCUT2D eigenvalue weighted by Gasteiger charge is -2.25. The maximum atomic E-state index is 10.7. The zero-order valence-electron chi connectivity index (χ0n) is 8.66. The molecule has 0 aromatic heterocycles. The number of aliphatic carboxylic acids is 1. The third kappa shape index (κ3) is 4.29. The fraction of sp³-hybridized carbons (Fsp3) is 0.900. The molecule has 4 heteroatoms. The van der Waals surface area contributed by atoms with E-state index in [4.69, 9.17) is 5.11 Å². The van der Waals surface area contributed by atoms with Crippen LogP contribution in [0.2, 0.25) is 0 Å². The van der Waals surface area contributed by atoms with Crippen LogP contribution in [0.25, 0.3) is 0 Å². The lowest BCUT2D eigenvalue weighted by molar-refractivity contribution is -0.139. The molecule has 0 spiro atoms. The van der Waals surface area contributed by atoms with Crippen LogP contribution in [0, 0.1) is 0 Å². The zero-order valence-corrected chi connectivity index (χ0v) is 9.48. The van der Waals surface area contributed by atoms with Gasteiger partial charge in [-0.3, -0.25) is 4.79 Å². The van der Waals surface area contributed by atoms with Gasteiger partial charge in [0.15, 0.2) is 0 Å². The van der Waals surface area contributed by atoms with Gasteiger partial charge < -0.3 is 10.4 Å². The lowest BCUT2D eigenvalue weighted by Crippen LogP contribution is -2.43. The van der Waals surface area contributed by atoms with Crippen LogP contribution < -0.4 is 5.32 Å². The van der Waals surface area contributed by atoms with Crippen LogP contribution in [0.4, 0.5) is 0 Å². The van der Waals surface area contributed by atoms with Crippen LogP contribution in [0.5, 0.6) is 0 Å². The van der Waals surface area contributed by atoms with E-state index in [9.17, 15) is 4.79 Å². The van der Waals surface area contributed by atoms with Gasteiger partial charge in [-0.1, -0.05) is 26.2 Å². The minimum atomic E-state index is -0.715. The summed E-state index contributed by atoms with van der Waals surface area (Å²) in [5.74, 6) is -0.715. The van der Waals surface area contributed by atoms with E-state index in [0.29, 0.717) is 12.5 Å². The molecule has 1 saturated carbocycles. The van der Waals surface area contributed by atoms with Crippen LogP contribution in [0.15, 0.2) is 0 Å². The molecule has 0 amide bonds. The number of carbonyl (C=O) groups is 1. The van der Waals surface area contributed by atoms with Crippen molar-refractivity contribution in [3.8, 4) is 0 Å². The van der Waals surface area contributed by atoms with Crippen molar-refractivity contribution in [2.75, 3.05) is 0 Å². The highest BCUT2D eigenvalue weighted by atomic mass is 35.5. The van der Waals surface area contributed by atoms with Crippen molar-refractivity contribution in [1.82, 2.24) is 5.32 Å². The van der Waals surface area contributed by atoms with Gasteiger partial charge in [0.25, 0.3) is 0 Å². The fourth-order valence-corrected chi connectivity index (χ4v) is 1.92. The Kier molecular flexibility index (Phi) is 6.93. The maximum Gasteiger partial charge on any atom is 0.320 e. The van der Waals surface area contributed by atoms with Gasteiger partial charge in [0, 0.05) is 6.04 Å². The Morgan fingerprint density at radius 3 is 2.43 bits per heavy atom. The summed E-state index contributed by atoms with van der Waals surface area (Å²) in [6.45, 7) is 1.91. The molecule has 0 unspecified atom stereocenters. The summed E-state index contributed by atoms with van der Waals surface area (Å²) in [6.07, 6.45) is 6.75. The molecule has 1 atom stereocenters. The first-order valence-corrected chi connectivity index (χ1v) is 5.23. The van der Waals surface area contributed by atoms with Crippen LogP contribution >= 0.6 is 12.4 Å². The fourth-order valence-electron chi connectivity index (χ4n) is 1.92. The number of hydrogen-bond donors (Lipinski definition) is 2. The first kappa shape index (κ1) is 13.7. The molecule has 0 heterocycles. The summed E-state index contributed by atoms with van der Waals surface area (Å²) in [5.41, 5.74) is 0. The molecule has 0 saturated heterocycles. The molecule has 1 aliphatic rings. The van der Waals surface area contributed by atoms with E-state index in [1.165, 1.54) is 19.3 Å². The second-order valence-corrected chi connectivity index (χ2v) is 3.80. The van der Waals surface area contributed by atoms with Crippen molar-refractivity contribution in [3.63, 3.8) is 0 Å². The van der Waals surface area contributed by atoms with Crippen LogP contribution in [-0.4, -0.2) is 23.2 Å². The molecule has 0 aromatic rings. The van der Waals surface area contributed by atoms with E-state index < -0.39 is 5.97 Å². The van der Waals surface area contributed by atoms with E-state index in [2.05, 4.69) is 5.32 Å². The highest BCUT2D eigenvalue weighted by Crippen LogP contribution is 2.18. The molecule has 1 aliphatic carbocycles. The Hall–Kier alpha value is -0.280. The van der Waals surface area contributed by atoms with Crippen molar-refractivity contribution >= 4 is 18.4 Å². The summed E-state index contributed by atoms with van der Waals surface area (Å²) in [7, 11) is 0. The van der Waals surface area contributed by atoms with E-state index in [1.54, 1.807) is 0 Å². The Labute approximate surface area is 91.7 Å². The quantitative estimate of drug-likeness (QED) is 0.765. The minimum absolute atomic E-state index is 0. The van der Waals surface area contributed by atoms with Crippen molar-refractivity contribution in [3.05, 3.63) is 0 Å². The van der Waals surface area contributed by atoms with Gasteiger partial charge in [0.05, 0.1) is 0 Å². The predicted octanol–water partition coefficient (Wildman–Crippen LogP) is 2.19. The number of rotatable bonds is 4. The summed E-state index contributed by atoms with van der Waals surface area (Å²) >= 11 is 0. The van der Waals surface area contributed by atoms with Crippen LogP contribution in [-0.2, 0) is 4.79 Å². The average molecular weight is 222 g/mol. The standard InChI is InChI=1S/C10H19NO2.ClH/c1-2-9(10(12)13)11-8-6-4-3-5-7-8;/h8-9,11H,2-7H2,1H3,(H,12,13);1H/t9-;/m1./s1. The molecule has 84 valence electrons. The first-order chi connectivity index (χ1) is 6.24. The summed E-state index contributed by atoms with van der Waals surface area (Å²) < 4.78 is 0. The van der Waals surface area contributed by atoms with Crippen LogP contribution in [0.1, 0.15) is 45.4 Å². The predicted molar refractivity (Wildman–Crippen MR) is 59.0 cm³/mol. The molecule has 1 rings (SSSR count). The Morgan fingerprint density at radius 1 is 1.43 bits per heavy atom. The van der Waals surface area contributed by atoms with Gasteiger partial charge in [0.1, 0.15) is 6.04 Å². The van der Waals surface area contributed by atoms with Crippen molar-refractivity contribution in [2.24, 2.45) is 0 Å². The minimum Gasteiger partial charge on any atom is -0.480 e. The third-order valence-corrected chi connectivity index (χ3v) is 2.75. The van der Waals surface area contributed by atoms with Gasteiger partial charge in [-0.2, -0.15) is 0 Å². The molecule has 0 aromatic carbocycles. The van der Waals surface area contributed by atoms with E-state index in [0.717, 1.165) is 12.8 Å². The summed E-state index contributed by atoms with van der Waals surface area (Å²) in [6, 6.07) is 0.0953. The molecular weight excluding hydrogens is 202 g/mol. The maximum absolute atomic E-state index is 10.7. The van der Waals surface area contributed by atoms with Gasteiger partial charge >= 0.3 is 5.97 Å². The smallest absolute Gasteiger partial charge is 0.320 e. The largest absolute Gasteiger partial charge is 0.480 e. The Balaban J connectivity index is 0.00000169. The number of carboxylic acids is 1. The van der Waals surface area contributed by atoms with Crippen molar-refractivity contribution in [2.45, 2.75) is 57.5 Å². The molecule has 1 fully saturated rings. The average Bonchev–Trinajstić information content (AvgIpc) is 2.15. The molecule has 0 aliphatic heterocycles. The molecular formula is C10H20ClNO2. The lowest BCUT2D eigenvalue weighted by atomic mass is 9.94. The number of carboxylic acid groups (broad SMARTS) is 1. The molecule has 0 bridgehead atoms. The van der Waals surface area contributed by atoms with E-state index in [-0.39, 0.29) is 18.4 Å². The summed E-state index contributed by atoms with van der Waals surface area (Å²) in [4.78, 5) is 10.7. The monoisotopic (exact) mass is 221 g/mol. The first-order valence-electron chi connectivity index (χ1n) is 5.23. The Morgan fingerprint density at radius 2 is 2.00 bits per heavy atom. The number of hydrogen-bond acceptors (Lipinski definition) is 2. The van der Waals surface area contributed by atoms with E-state index in [1.807, 2.05) is 6.92 Å². The third-order valence-electron chi connectivity index (χ3n) is 2.75. The normalized spacial score (nSPS) is 19.8. The SMILES string of the molecule is CC[C@@H](NC1CCCCC1)C(=O)O.Cl.